The predicted molar refractivity (Wildman–Crippen MR) is 115 cm³/mol. The van der Waals surface area contributed by atoms with Gasteiger partial charge in [-0.25, -0.2) is 4.68 Å². The maximum Gasteiger partial charge on any atom is 0.276 e. The van der Waals surface area contributed by atoms with Crippen LogP contribution < -0.4 is 20.3 Å². The van der Waals surface area contributed by atoms with Crippen molar-refractivity contribution in [2.24, 2.45) is 0 Å². The highest BCUT2D eigenvalue weighted by Gasteiger charge is 2.22. The first-order valence-corrected chi connectivity index (χ1v) is 10.4. The van der Waals surface area contributed by atoms with Gasteiger partial charge in [0.25, 0.3) is 5.56 Å². The lowest BCUT2D eigenvalue weighted by Crippen LogP contribution is -2.37. The van der Waals surface area contributed by atoms with Crippen LogP contribution in [-0.2, 0) is 11.3 Å². The second-order valence-corrected chi connectivity index (χ2v) is 8.27. The molecule has 0 radical (unpaired) electrons. The van der Waals surface area contributed by atoms with E-state index >= 15 is 0 Å². The van der Waals surface area contributed by atoms with E-state index in [2.05, 4.69) is 10.4 Å². The van der Waals surface area contributed by atoms with Gasteiger partial charge in [-0.2, -0.15) is 5.10 Å². The molecule has 152 valence electrons. The molecule has 0 unspecified atom stereocenters. The van der Waals surface area contributed by atoms with Crippen molar-refractivity contribution < 1.29 is 14.3 Å². The Kier molecular flexibility index (Phi) is 4.43. The molecule has 7 nitrogen and oxygen atoms in total. The first-order chi connectivity index (χ1) is 14.5. The molecule has 2 aromatic carbocycles. The van der Waals surface area contributed by atoms with Crippen molar-refractivity contribution in [2.45, 2.75) is 26.4 Å². The third-order valence-electron chi connectivity index (χ3n) is 5.25. The number of ether oxygens (including phenoxy) is 2. The highest BCUT2D eigenvalue weighted by atomic mass is 32.1. The van der Waals surface area contributed by atoms with Crippen molar-refractivity contribution in [1.29, 1.82) is 0 Å². The van der Waals surface area contributed by atoms with Gasteiger partial charge in [0.1, 0.15) is 6.04 Å². The number of nitrogens with one attached hydrogen (secondary N) is 1. The van der Waals surface area contributed by atoms with Gasteiger partial charge in [-0.15, -0.1) is 11.3 Å². The molecule has 1 aliphatic heterocycles. The van der Waals surface area contributed by atoms with Gasteiger partial charge < -0.3 is 14.8 Å². The van der Waals surface area contributed by atoms with Gasteiger partial charge in [-0.1, -0.05) is 24.3 Å². The second kappa shape index (κ2) is 7.14. The molecule has 1 N–H and O–H groups in total. The zero-order valence-corrected chi connectivity index (χ0v) is 17.3. The fourth-order valence-corrected chi connectivity index (χ4v) is 4.78. The molecule has 30 heavy (non-hydrogen) atoms. The molecule has 4 aromatic rings. The topological polar surface area (TPSA) is 82.5 Å². The third kappa shape index (κ3) is 3.00. The first kappa shape index (κ1) is 18.6. The summed E-state index contributed by atoms with van der Waals surface area (Å²) in [6.07, 6.45) is 0. The Hall–Kier alpha value is -3.39. The van der Waals surface area contributed by atoms with Crippen LogP contribution in [0.15, 0.2) is 47.3 Å². The van der Waals surface area contributed by atoms with E-state index in [1.807, 2.05) is 49.4 Å². The molecule has 0 saturated heterocycles. The number of carbonyl (C=O) groups is 1. The predicted octanol–water partition coefficient (Wildman–Crippen LogP) is 3.53. The van der Waals surface area contributed by atoms with Gasteiger partial charge in [0.05, 0.1) is 15.8 Å². The molecule has 2 aromatic heterocycles. The van der Waals surface area contributed by atoms with Crippen LogP contribution in [0.1, 0.15) is 24.2 Å². The third-order valence-corrected chi connectivity index (χ3v) is 6.53. The highest BCUT2D eigenvalue weighted by molar-refractivity contribution is 7.26. The number of hydrogen-bond donors (Lipinski definition) is 1. The largest absolute Gasteiger partial charge is 0.454 e. The molecule has 1 aliphatic rings. The standard InChI is InChI=1S/C22H19N3O4S/c1-12-20-19(15-5-3-4-6-18(15)30-20)22(27)25(24-12)13(2)21(26)23-10-14-7-8-16-17(9-14)29-11-28-16/h3-9,13H,10-11H2,1-2H3,(H,23,26)/t13-/m1/s1. The molecule has 8 heteroatoms. The summed E-state index contributed by atoms with van der Waals surface area (Å²) in [6, 6.07) is 12.6. The normalized spacial score (nSPS) is 13.7. The number of amides is 1. The monoisotopic (exact) mass is 421 g/mol. The van der Waals surface area contributed by atoms with E-state index in [9.17, 15) is 9.59 Å². The maximum atomic E-state index is 13.2. The van der Waals surface area contributed by atoms with Crippen molar-refractivity contribution in [3.63, 3.8) is 0 Å². The Bertz CT molecular complexity index is 1360. The van der Waals surface area contributed by atoms with Crippen LogP contribution in [0.25, 0.3) is 20.2 Å². The van der Waals surface area contributed by atoms with E-state index in [0.29, 0.717) is 23.4 Å². The molecular weight excluding hydrogens is 402 g/mol. The van der Waals surface area contributed by atoms with Crippen LogP contribution in [0.3, 0.4) is 0 Å². The number of aromatic nitrogens is 2. The van der Waals surface area contributed by atoms with E-state index in [1.165, 1.54) is 4.68 Å². The van der Waals surface area contributed by atoms with Crippen molar-refractivity contribution >= 4 is 37.4 Å². The molecular formula is C22H19N3O4S. The number of hydrogen-bond acceptors (Lipinski definition) is 6. The maximum absolute atomic E-state index is 13.2. The van der Waals surface area contributed by atoms with Crippen LogP contribution in [0.4, 0.5) is 0 Å². The van der Waals surface area contributed by atoms with Crippen molar-refractivity contribution in [2.75, 3.05) is 6.79 Å². The molecule has 0 spiro atoms. The number of benzene rings is 2. The quantitative estimate of drug-likeness (QED) is 0.545. The average Bonchev–Trinajstić information content (AvgIpc) is 3.38. The van der Waals surface area contributed by atoms with E-state index in [-0.39, 0.29) is 18.3 Å². The van der Waals surface area contributed by atoms with E-state index < -0.39 is 6.04 Å². The Morgan fingerprint density at radius 2 is 2.03 bits per heavy atom. The molecule has 0 fully saturated rings. The SMILES string of the molecule is Cc1nn([C@H](C)C(=O)NCc2ccc3c(c2)OCO3)c(=O)c2c1sc1ccccc12. The van der Waals surface area contributed by atoms with Crippen LogP contribution >= 0.6 is 11.3 Å². The zero-order valence-electron chi connectivity index (χ0n) is 16.5. The van der Waals surface area contributed by atoms with Crippen LogP contribution in [0, 0.1) is 6.92 Å². The van der Waals surface area contributed by atoms with Gasteiger partial charge in [0.2, 0.25) is 12.7 Å². The lowest BCUT2D eigenvalue weighted by Gasteiger charge is -2.15. The van der Waals surface area contributed by atoms with Gasteiger partial charge in [-0.05, 0) is 37.6 Å². The Labute approximate surface area is 175 Å². The fraction of sp³-hybridized carbons (Fsp3) is 0.227. The molecule has 5 rings (SSSR count). The molecule has 1 atom stereocenters. The summed E-state index contributed by atoms with van der Waals surface area (Å²) in [4.78, 5) is 26.0. The number of thiophene rings is 1. The van der Waals surface area contributed by atoms with Crippen LogP contribution in [0.5, 0.6) is 11.5 Å². The van der Waals surface area contributed by atoms with Gasteiger partial charge in [-0.3, -0.25) is 9.59 Å². The summed E-state index contributed by atoms with van der Waals surface area (Å²) >= 11 is 1.55. The Morgan fingerprint density at radius 1 is 1.23 bits per heavy atom. The minimum absolute atomic E-state index is 0.204. The summed E-state index contributed by atoms with van der Waals surface area (Å²) in [7, 11) is 0. The number of fused-ring (bicyclic) bond motifs is 4. The van der Waals surface area contributed by atoms with Gasteiger partial charge in [0, 0.05) is 16.6 Å². The fourth-order valence-electron chi connectivity index (χ4n) is 3.64. The summed E-state index contributed by atoms with van der Waals surface area (Å²) in [5, 5.41) is 8.84. The summed E-state index contributed by atoms with van der Waals surface area (Å²) in [5.41, 5.74) is 1.37. The highest BCUT2D eigenvalue weighted by Crippen LogP contribution is 2.33. The number of aryl methyl sites for hydroxylation is 1. The van der Waals surface area contributed by atoms with E-state index in [4.69, 9.17) is 9.47 Å². The molecule has 3 heterocycles. The molecule has 1 amide bonds. The first-order valence-electron chi connectivity index (χ1n) is 9.60. The minimum atomic E-state index is -0.742. The van der Waals surface area contributed by atoms with Crippen LogP contribution in [0.2, 0.25) is 0 Å². The van der Waals surface area contributed by atoms with Gasteiger partial charge in [0.15, 0.2) is 11.5 Å². The van der Waals surface area contributed by atoms with E-state index in [0.717, 1.165) is 26.0 Å². The number of carbonyl (C=O) groups excluding carboxylic acids is 1. The van der Waals surface area contributed by atoms with Gasteiger partial charge >= 0.3 is 0 Å². The number of rotatable bonds is 4. The van der Waals surface area contributed by atoms with Crippen molar-refractivity contribution in [3.05, 3.63) is 64.1 Å². The summed E-state index contributed by atoms with van der Waals surface area (Å²) < 4.78 is 13.9. The second-order valence-electron chi connectivity index (χ2n) is 7.22. The smallest absolute Gasteiger partial charge is 0.276 e. The lowest BCUT2D eigenvalue weighted by atomic mass is 10.2. The Balaban J connectivity index is 1.43. The average molecular weight is 421 g/mol. The van der Waals surface area contributed by atoms with Crippen LogP contribution in [-0.4, -0.2) is 22.5 Å². The minimum Gasteiger partial charge on any atom is -0.454 e. The lowest BCUT2D eigenvalue weighted by molar-refractivity contribution is -0.124. The van der Waals surface area contributed by atoms with Crippen molar-refractivity contribution in [3.8, 4) is 11.5 Å². The zero-order chi connectivity index (χ0) is 20.8. The summed E-state index contributed by atoms with van der Waals surface area (Å²) in [6.45, 7) is 4.07. The summed E-state index contributed by atoms with van der Waals surface area (Å²) in [5.74, 6) is 1.08. The molecule has 0 saturated carbocycles. The number of nitrogens with zero attached hydrogens (tertiary/aromatic N) is 2. The Morgan fingerprint density at radius 3 is 2.90 bits per heavy atom. The molecule has 0 bridgehead atoms. The molecule has 0 aliphatic carbocycles. The van der Waals surface area contributed by atoms with E-state index in [1.54, 1.807) is 18.3 Å². The van der Waals surface area contributed by atoms with Crippen molar-refractivity contribution in [1.82, 2.24) is 15.1 Å².